The Morgan fingerprint density at radius 2 is 2.17 bits per heavy atom. The number of thiophene rings is 1. The van der Waals surface area contributed by atoms with E-state index in [-0.39, 0.29) is 17.7 Å². The van der Waals surface area contributed by atoms with E-state index in [0.717, 1.165) is 16.7 Å². The maximum absolute atomic E-state index is 12.9. The number of rotatable bonds is 5. The molecule has 1 aromatic heterocycles. The summed E-state index contributed by atoms with van der Waals surface area (Å²) in [6, 6.07) is 3.66. The van der Waals surface area contributed by atoms with E-state index in [0.29, 0.717) is 38.5 Å². The highest BCUT2D eigenvalue weighted by molar-refractivity contribution is 7.12. The molecule has 1 saturated heterocycles. The van der Waals surface area contributed by atoms with Crippen LogP contribution in [0.2, 0.25) is 0 Å². The Morgan fingerprint density at radius 1 is 1.25 bits per heavy atom. The fourth-order valence-corrected chi connectivity index (χ4v) is 5.55. The molecule has 2 bridgehead atoms. The first kappa shape index (κ1) is 16.3. The Balaban J connectivity index is 1.38. The molecule has 0 spiro atoms. The molecule has 1 aliphatic heterocycles. The van der Waals surface area contributed by atoms with Crippen molar-refractivity contribution in [2.45, 2.75) is 44.6 Å². The molecule has 130 valence electrons. The monoisotopic (exact) mass is 347 g/mol. The Kier molecular flexibility index (Phi) is 4.72. The van der Waals surface area contributed by atoms with E-state index in [4.69, 9.17) is 4.74 Å². The highest BCUT2D eigenvalue weighted by Crippen LogP contribution is 2.49. The molecule has 4 unspecified atom stereocenters. The fourth-order valence-electron chi connectivity index (χ4n) is 4.87. The molecule has 3 aliphatic rings. The first-order valence-electron chi connectivity index (χ1n) is 9.14. The van der Waals surface area contributed by atoms with Gasteiger partial charge in [-0.25, -0.2) is 0 Å². The SMILES string of the molecule is O=C(CC1COCCN1C(=O)CC1CC2CCC1C2)c1cccs1. The summed E-state index contributed by atoms with van der Waals surface area (Å²) in [5.74, 6) is 2.57. The molecule has 24 heavy (non-hydrogen) atoms. The second kappa shape index (κ2) is 6.96. The van der Waals surface area contributed by atoms with Crippen molar-refractivity contribution in [3.8, 4) is 0 Å². The number of hydrogen-bond donors (Lipinski definition) is 0. The smallest absolute Gasteiger partial charge is 0.223 e. The van der Waals surface area contributed by atoms with Crippen molar-refractivity contribution >= 4 is 23.0 Å². The van der Waals surface area contributed by atoms with Crippen molar-refractivity contribution in [2.24, 2.45) is 17.8 Å². The van der Waals surface area contributed by atoms with Gasteiger partial charge in [-0.1, -0.05) is 12.5 Å². The summed E-state index contributed by atoms with van der Waals surface area (Å²) < 4.78 is 5.56. The van der Waals surface area contributed by atoms with E-state index < -0.39 is 0 Å². The zero-order chi connectivity index (χ0) is 16.5. The minimum Gasteiger partial charge on any atom is -0.377 e. The first-order chi connectivity index (χ1) is 11.7. The molecule has 5 heteroatoms. The van der Waals surface area contributed by atoms with Crippen LogP contribution in [0.5, 0.6) is 0 Å². The van der Waals surface area contributed by atoms with Gasteiger partial charge in [-0.2, -0.15) is 0 Å². The summed E-state index contributed by atoms with van der Waals surface area (Å²) in [6.45, 7) is 1.70. The zero-order valence-corrected chi connectivity index (χ0v) is 14.8. The molecule has 3 fully saturated rings. The lowest BCUT2D eigenvalue weighted by Crippen LogP contribution is -2.50. The number of ether oxygens (including phenoxy) is 1. The number of hydrogen-bond acceptors (Lipinski definition) is 4. The Hall–Kier alpha value is -1.20. The second-order valence-electron chi connectivity index (χ2n) is 7.56. The van der Waals surface area contributed by atoms with Crippen molar-refractivity contribution in [3.63, 3.8) is 0 Å². The van der Waals surface area contributed by atoms with Gasteiger partial charge in [0.05, 0.1) is 24.1 Å². The first-order valence-corrected chi connectivity index (χ1v) is 10.0. The highest BCUT2D eigenvalue weighted by Gasteiger charge is 2.41. The molecule has 0 N–H and O–H groups in total. The van der Waals surface area contributed by atoms with Crippen LogP contribution in [0.25, 0.3) is 0 Å². The van der Waals surface area contributed by atoms with E-state index in [1.807, 2.05) is 22.4 Å². The van der Waals surface area contributed by atoms with Gasteiger partial charge in [0.15, 0.2) is 5.78 Å². The lowest BCUT2D eigenvalue weighted by Gasteiger charge is -2.36. The number of fused-ring (bicyclic) bond motifs is 2. The van der Waals surface area contributed by atoms with Crippen LogP contribution in [-0.2, 0) is 9.53 Å². The number of amides is 1. The minimum atomic E-state index is -0.0977. The van der Waals surface area contributed by atoms with Crippen LogP contribution in [0, 0.1) is 17.8 Å². The third kappa shape index (κ3) is 3.29. The van der Waals surface area contributed by atoms with Crippen LogP contribution in [0.15, 0.2) is 17.5 Å². The van der Waals surface area contributed by atoms with E-state index >= 15 is 0 Å². The maximum atomic E-state index is 12.9. The predicted octanol–water partition coefficient (Wildman–Crippen LogP) is 3.37. The largest absolute Gasteiger partial charge is 0.377 e. The van der Waals surface area contributed by atoms with Gasteiger partial charge in [-0.15, -0.1) is 11.3 Å². The van der Waals surface area contributed by atoms with Gasteiger partial charge in [0.25, 0.3) is 0 Å². The topological polar surface area (TPSA) is 46.6 Å². The number of morpholine rings is 1. The summed E-state index contributed by atoms with van der Waals surface area (Å²) in [4.78, 5) is 28.0. The van der Waals surface area contributed by atoms with Gasteiger partial charge in [-0.05, 0) is 48.5 Å². The standard InChI is InChI=1S/C19H25NO3S/c21-17(18-2-1-7-24-18)11-16-12-23-6-5-20(16)19(22)10-15-9-13-3-4-14(15)8-13/h1-2,7,13-16H,3-6,8-12H2. The number of Topliss-reactive ketones (excluding diaryl/α,β-unsaturated/α-hetero) is 1. The molecular weight excluding hydrogens is 322 g/mol. The van der Waals surface area contributed by atoms with Gasteiger partial charge in [0, 0.05) is 19.4 Å². The van der Waals surface area contributed by atoms with Crippen molar-refractivity contribution in [1.82, 2.24) is 4.90 Å². The van der Waals surface area contributed by atoms with Gasteiger partial charge in [-0.3, -0.25) is 9.59 Å². The summed E-state index contributed by atoms with van der Waals surface area (Å²) in [5, 5.41) is 1.92. The van der Waals surface area contributed by atoms with Gasteiger partial charge >= 0.3 is 0 Å². The molecular formula is C19H25NO3S. The average Bonchev–Trinajstić information content (AvgIpc) is 3.33. The van der Waals surface area contributed by atoms with Crippen LogP contribution in [-0.4, -0.2) is 42.4 Å². The Morgan fingerprint density at radius 3 is 2.88 bits per heavy atom. The maximum Gasteiger partial charge on any atom is 0.223 e. The minimum absolute atomic E-state index is 0.0977. The van der Waals surface area contributed by atoms with Crippen LogP contribution in [0.3, 0.4) is 0 Å². The van der Waals surface area contributed by atoms with E-state index in [1.54, 1.807) is 0 Å². The number of ketones is 1. The summed E-state index contributed by atoms with van der Waals surface area (Å²) in [6.07, 6.45) is 6.30. The van der Waals surface area contributed by atoms with Gasteiger partial charge in [0.2, 0.25) is 5.91 Å². The number of carbonyl (C=O) groups is 2. The molecule has 2 saturated carbocycles. The Bertz CT molecular complexity index is 600. The molecule has 4 atom stereocenters. The predicted molar refractivity (Wildman–Crippen MR) is 93.1 cm³/mol. The normalized spacial score (nSPS) is 32.2. The molecule has 0 radical (unpaired) electrons. The van der Waals surface area contributed by atoms with E-state index in [1.165, 1.54) is 37.0 Å². The third-order valence-electron chi connectivity index (χ3n) is 6.09. The fraction of sp³-hybridized carbons (Fsp3) is 0.684. The molecule has 2 aliphatic carbocycles. The van der Waals surface area contributed by atoms with Crippen molar-refractivity contribution < 1.29 is 14.3 Å². The van der Waals surface area contributed by atoms with E-state index in [9.17, 15) is 9.59 Å². The van der Waals surface area contributed by atoms with Gasteiger partial charge in [0.1, 0.15) is 0 Å². The molecule has 1 amide bonds. The van der Waals surface area contributed by atoms with Crippen molar-refractivity contribution in [3.05, 3.63) is 22.4 Å². The van der Waals surface area contributed by atoms with Crippen molar-refractivity contribution in [1.29, 1.82) is 0 Å². The summed E-state index contributed by atoms with van der Waals surface area (Å²) in [5.41, 5.74) is 0. The highest BCUT2D eigenvalue weighted by atomic mass is 32.1. The number of nitrogens with zero attached hydrogens (tertiary/aromatic N) is 1. The lowest BCUT2D eigenvalue weighted by molar-refractivity contribution is -0.141. The molecule has 4 nitrogen and oxygen atoms in total. The third-order valence-corrected chi connectivity index (χ3v) is 7.00. The average molecular weight is 347 g/mol. The van der Waals surface area contributed by atoms with Crippen LogP contribution >= 0.6 is 11.3 Å². The van der Waals surface area contributed by atoms with Crippen LogP contribution in [0.4, 0.5) is 0 Å². The quantitative estimate of drug-likeness (QED) is 0.767. The summed E-state index contributed by atoms with van der Waals surface area (Å²) >= 11 is 1.47. The molecule has 2 heterocycles. The molecule has 1 aromatic rings. The second-order valence-corrected chi connectivity index (χ2v) is 8.51. The number of carbonyl (C=O) groups excluding carboxylic acids is 2. The lowest BCUT2D eigenvalue weighted by atomic mass is 9.86. The van der Waals surface area contributed by atoms with E-state index in [2.05, 4.69) is 0 Å². The summed E-state index contributed by atoms with van der Waals surface area (Å²) in [7, 11) is 0. The van der Waals surface area contributed by atoms with Crippen molar-refractivity contribution in [2.75, 3.05) is 19.8 Å². The van der Waals surface area contributed by atoms with Gasteiger partial charge < -0.3 is 9.64 Å². The molecule has 0 aromatic carbocycles. The van der Waals surface area contributed by atoms with Crippen LogP contribution < -0.4 is 0 Å². The zero-order valence-electron chi connectivity index (χ0n) is 14.0. The molecule has 4 rings (SSSR count). The van der Waals surface area contributed by atoms with Crippen LogP contribution in [0.1, 0.15) is 48.2 Å². The Labute approximate surface area is 147 Å².